The second-order valence-corrected chi connectivity index (χ2v) is 5.34. The Hall–Kier alpha value is -1.87. The fourth-order valence-corrected chi connectivity index (χ4v) is 2.65. The molecule has 0 aliphatic rings. The fraction of sp³-hybridized carbons (Fsp3) is 0.455. The van der Waals surface area contributed by atoms with Crippen molar-refractivity contribution < 1.29 is 4.74 Å². The van der Waals surface area contributed by atoms with Crippen LogP contribution in [0, 0.1) is 0 Å². The van der Waals surface area contributed by atoms with Gasteiger partial charge >= 0.3 is 5.69 Å². The molecule has 0 radical (unpaired) electrons. The van der Waals surface area contributed by atoms with Crippen molar-refractivity contribution in [1.82, 2.24) is 24.7 Å². The third-order valence-electron chi connectivity index (χ3n) is 2.43. The molecule has 108 valence electrons. The van der Waals surface area contributed by atoms with Gasteiger partial charge in [-0.3, -0.25) is 4.57 Å². The maximum Gasteiger partial charge on any atom is 0.344 e. The van der Waals surface area contributed by atoms with Crippen LogP contribution in [0.5, 0.6) is 0 Å². The molecule has 2 heterocycles. The molecule has 3 N–H and O–H groups in total. The molecule has 0 unspecified atom stereocenters. The number of hydrogen-bond acceptors (Lipinski definition) is 7. The Kier molecular flexibility index (Phi) is 4.40. The van der Waals surface area contributed by atoms with E-state index in [2.05, 4.69) is 20.2 Å². The number of anilines is 1. The molecule has 0 saturated heterocycles. The lowest BCUT2D eigenvalue weighted by molar-refractivity contribution is 0.177. The summed E-state index contributed by atoms with van der Waals surface area (Å²) >= 11 is 1.25. The van der Waals surface area contributed by atoms with E-state index in [1.807, 2.05) is 13.8 Å². The van der Waals surface area contributed by atoms with Crippen molar-refractivity contribution in [2.24, 2.45) is 0 Å². The Bertz CT molecular complexity index is 651. The molecule has 0 aliphatic carbocycles. The summed E-state index contributed by atoms with van der Waals surface area (Å²) in [5.41, 5.74) is 5.48. The average molecular weight is 296 g/mol. The van der Waals surface area contributed by atoms with Crippen molar-refractivity contribution in [1.29, 1.82) is 0 Å². The fourth-order valence-electron chi connectivity index (χ4n) is 1.65. The topological polar surface area (TPSA) is 112 Å². The Morgan fingerprint density at radius 1 is 1.50 bits per heavy atom. The number of aromatic amines is 1. The van der Waals surface area contributed by atoms with Gasteiger partial charge in [-0.1, -0.05) is 0 Å². The van der Waals surface area contributed by atoms with Crippen molar-refractivity contribution >= 4 is 17.6 Å². The average Bonchev–Trinajstić information content (AvgIpc) is 2.70. The third-order valence-corrected chi connectivity index (χ3v) is 3.32. The van der Waals surface area contributed by atoms with E-state index >= 15 is 0 Å². The highest BCUT2D eigenvalue weighted by Gasteiger charge is 2.14. The van der Waals surface area contributed by atoms with Gasteiger partial charge < -0.3 is 10.5 Å². The van der Waals surface area contributed by atoms with E-state index in [0.29, 0.717) is 21.8 Å². The molecular formula is C11H16N6O2S. The van der Waals surface area contributed by atoms with Gasteiger partial charge in [-0.2, -0.15) is 0 Å². The van der Waals surface area contributed by atoms with Crippen LogP contribution in [0.4, 0.5) is 5.82 Å². The van der Waals surface area contributed by atoms with Crippen molar-refractivity contribution in [2.75, 3.05) is 12.8 Å². The van der Waals surface area contributed by atoms with Gasteiger partial charge in [-0.05, 0) is 25.6 Å². The minimum absolute atomic E-state index is 0.00128. The van der Waals surface area contributed by atoms with Gasteiger partial charge in [0.25, 0.3) is 0 Å². The molecule has 20 heavy (non-hydrogen) atoms. The summed E-state index contributed by atoms with van der Waals surface area (Å²) in [5, 5.41) is 7.57. The highest BCUT2D eigenvalue weighted by Crippen LogP contribution is 2.25. The van der Waals surface area contributed by atoms with Gasteiger partial charge in [0.05, 0.1) is 0 Å². The Balaban J connectivity index is 2.32. The molecule has 2 rings (SSSR count). The molecule has 0 bridgehead atoms. The molecule has 0 aliphatic heterocycles. The van der Waals surface area contributed by atoms with Crippen molar-refractivity contribution in [3.63, 3.8) is 0 Å². The molecule has 2 aromatic rings. The maximum atomic E-state index is 11.7. The highest BCUT2D eigenvalue weighted by atomic mass is 32.2. The summed E-state index contributed by atoms with van der Waals surface area (Å²) in [5.74, 6) is 0.840. The van der Waals surface area contributed by atoms with Gasteiger partial charge in [-0.25, -0.2) is 19.9 Å². The first kappa shape index (κ1) is 14.5. The van der Waals surface area contributed by atoms with Crippen LogP contribution in [0.25, 0.3) is 0 Å². The van der Waals surface area contributed by atoms with E-state index in [4.69, 9.17) is 10.5 Å². The van der Waals surface area contributed by atoms with Crippen LogP contribution in [0.2, 0.25) is 0 Å². The third kappa shape index (κ3) is 3.17. The summed E-state index contributed by atoms with van der Waals surface area (Å²) in [6.07, 6.45) is 0. The number of rotatable bonds is 5. The Labute approximate surface area is 119 Å². The van der Waals surface area contributed by atoms with Gasteiger partial charge in [0.2, 0.25) is 0 Å². The zero-order valence-corrected chi connectivity index (χ0v) is 12.3. The predicted octanol–water partition coefficient (Wildman–Crippen LogP) is 0.822. The molecule has 0 spiro atoms. The van der Waals surface area contributed by atoms with Crippen LogP contribution >= 0.6 is 11.8 Å². The van der Waals surface area contributed by atoms with E-state index in [-0.39, 0.29) is 18.3 Å². The SMILES string of the molecule is COCc1nc(N)cc(Sc2n[nH]c(=O)n2C(C)C)n1. The molecule has 0 fully saturated rings. The lowest BCUT2D eigenvalue weighted by atomic mass is 10.4. The first-order valence-corrected chi connectivity index (χ1v) is 6.80. The lowest BCUT2D eigenvalue weighted by Crippen LogP contribution is -2.19. The Morgan fingerprint density at radius 3 is 2.90 bits per heavy atom. The second-order valence-electron chi connectivity index (χ2n) is 4.36. The van der Waals surface area contributed by atoms with E-state index in [9.17, 15) is 4.79 Å². The molecule has 0 atom stereocenters. The van der Waals surface area contributed by atoms with E-state index < -0.39 is 0 Å². The number of methoxy groups -OCH3 is 1. The molecule has 0 amide bonds. The minimum atomic E-state index is -0.248. The van der Waals surface area contributed by atoms with Crippen LogP contribution in [0.1, 0.15) is 25.7 Å². The first-order valence-electron chi connectivity index (χ1n) is 5.98. The van der Waals surface area contributed by atoms with Gasteiger partial charge in [0, 0.05) is 19.2 Å². The number of nitrogens with zero attached hydrogens (tertiary/aromatic N) is 4. The second kappa shape index (κ2) is 6.06. The zero-order valence-electron chi connectivity index (χ0n) is 11.5. The number of ether oxygens (including phenoxy) is 1. The monoisotopic (exact) mass is 296 g/mol. The summed E-state index contributed by atoms with van der Waals surface area (Å²) in [4.78, 5) is 20.0. The highest BCUT2D eigenvalue weighted by molar-refractivity contribution is 7.99. The first-order chi connectivity index (χ1) is 9.51. The number of nitrogens with two attached hydrogens (primary N) is 1. The van der Waals surface area contributed by atoms with Gasteiger partial charge in [-0.15, -0.1) is 5.10 Å². The smallest absolute Gasteiger partial charge is 0.344 e. The van der Waals surface area contributed by atoms with Crippen molar-refractivity contribution in [3.8, 4) is 0 Å². The van der Waals surface area contributed by atoms with Gasteiger partial charge in [0.1, 0.15) is 17.5 Å². The number of aromatic nitrogens is 5. The van der Waals surface area contributed by atoms with Crippen LogP contribution < -0.4 is 11.4 Å². The normalized spacial score (nSPS) is 11.2. The molecule has 9 heteroatoms. The molecule has 0 aromatic carbocycles. The van der Waals surface area contributed by atoms with Crippen molar-refractivity contribution in [3.05, 3.63) is 22.4 Å². The standard InChI is InChI=1S/C11H16N6O2S/c1-6(2)17-10(18)15-16-11(17)20-9-4-7(12)13-8(14-9)5-19-3/h4,6H,5H2,1-3H3,(H,15,18)(H2,12,13,14). The summed E-state index contributed by atoms with van der Waals surface area (Å²) in [6.45, 7) is 4.09. The van der Waals surface area contributed by atoms with Crippen LogP contribution in [0.15, 0.2) is 21.0 Å². The zero-order chi connectivity index (χ0) is 14.7. The number of nitrogens with one attached hydrogen (secondary N) is 1. The van der Waals surface area contributed by atoms with Crippen LogP contribution in [-0.2, 0) is 11.3 Å². The van der Waals surface area contributed by atoms with Crippen LogP contribution in [-0.4, -0.2) is 31.8 Å². The molecule has 2 aromatic heterocycles. The maximum absolute atomic E-state index is 11.7. The quantitative estimate of drug-likeness (QED) is 0.785. The number of nitrogen functional groups attached to an aromatic ring is 1. The van der Waals surface area contributed by atoms with Crippen molar-refractivity contribution in [2.45, 2.75) is 36.7 Å². The largest absolute Gasteiger partial charge is 0.384 e. The van der Waals surface area contributed by atoms with E-state index in [1.165, 1.54) is 11.8 Å². The van der Waals surface area contributed by atoms with E-state index in [1.54, 1.807) is 17.7 Å². The summed E-state index contributed by atoms with van der Waals surface area (Å²) < 4.78 is 6.54. The Morgan fingerprint density at radius 2 is 2.25 bits per heavy atom. The predicted molar refractivity (Wildman–Crippen MR) is 74.5 cm³/mol. The minimum Gasteiger partial charge on any atom is -0.384 e. The van der Waals surface area contributed by atoms with Gasteiger partial charge in [0.15, 0.2) is 11.0 Å². The molecule has 0 saturated carbocycles. The van der Waals surface area contributed by atoms with Crippen LogP contribution in [0.3, 0.4) is 0 Å². The number of hydrogen-bond donors (Lipinski definition) is 2. The summed E-state index contributed by atoms with van der Waals surface area (Å²) in [6, 6.07) is 1.63. The summed E-state index contributed by atoms with van der Waals surface area (Å²) in [7, 11) is 1.56. The molecular weight excluding hydrogens is 280 g/mol. The lowest BCUT2D eigenvalue weighted by Gasteiger charge is -2.08. The van der Waals surface area contributed by atoms with E-state index in [0.717, 1.165) is 0 Å². The molecule has 8 nitrogen and oxygen atoms in total. The number of H-pyrrole nitrogens is 1.